The SMILES string of the molecule is CC(=O)N(CC1CC1)[C@H]1Cc2ccc(CCN3CCN(c4nsc5ccccc45)CC3)cc2C1. The number of hydrogen-bond acceptors (Lipinski definition) is 5. The van der Waals surface area contributed by atoms with Gasteiger partial charge in [-0.1, -0.05) is 30.3 Å². The molecular weight excluding hydrogens is 440 g/mol. The lowest BCUT2D eigenvalue weighted by Crippen LogP contribution is -2.47. The fourth-order valence-corrected chi connectivity index (χ4v) is 6.50. The van der Waals surface area contributed by atoms with E-state index in [2.05, 4.69) is 57.2 Å². The molecule has 0 spiro atoms. The van der Waals surface area contributed by atoms with Crippen molar-refractivity contribution in [1.29, 1.82) is 0 Å². The normalized spacial score (nSPS) is 20.6. The van der Waals surface area contributed by atoms with Crippen molar-refractivity contribution in [2.75, 3.05) is 44.2 Å². The second kappa shape index (κ2) is 9.31. The molecular formula is C28H34N4OS. The summed E-state index contributed by atoms with van der Waals surface area (Å²) >= 11 is 1.61. The molecule has 0 N–H and O–H groups in total. The zero-order valence-electron chi connectivity index (χ0n) is 20.1. The largest absolute Gasteiger partial charge is 0.353 e. The lowest BCUT2D eigenvalue weighted by molar-refractivity contribution is -0.131. The summed E-state index contributed by atoms with van der Waals surface area (Å²) in [6, 6.07) is 16.0. The molecule has 3 aliphatic rings. The maximum absolute atomic E-state index is 12.3. The van der Waals surface area contributed by atoms with Crippen LogP contribution in [0.25, 0.3) is 10.1 Å². The Kier molecular flexibility index (Phi) is 6.04. The minimum Gasteiger partial charge on any atom is -0.353 e. The van der Waals surface area contributed by atoms with Gasteiger partial charge in [0.2, 0.25) is 5.91 Å². The summed E-state index contributed by atoms with van der Waals surface area (Å²) in [5, 5.41) is 1.29. The summed E-state index contributed by atoms with van der Waals surface area (Å²) in [5.41, 5.74) is 4.34. The highest BCUT2D eigenvalue weighted by atomic mass is 32.1. The Balaban J connectivity index is 1.03. The van der Waals surface area contributed by atoms with Crippen LogP contribution in [0.5, 0.6) is 0 Å². The van der Waals surface area contributed by atoms with Gasteiger partial charge in [0.05, 0.1) is 4.70 Å². The Morgan fingerprint density at radius 1 is 1.06 bits per heavy atom. The van der Waals surface area contributed by atoms with E-state index >= 15 is 0 Å². The number of nitrogens with zero attached hydrogens (tertiary/aromatic N) is 4. The summed E-state index contributed by atoms with van der Waals surface area (Å²) in [5.74, 6) is 2.15. The van der Waals surface area contributed by atoms with Crippen LogP contribution in [0, 0.1) is 5.92 Å². The third-order valence-electron chi connectivity index (χ3n) is 7.93. The fourth-order valence-electron chi connectivity index (χ4n) is 5.71. The number of fused-ring (bicyclic) bond motifs is 2. The highest BCUT2D eigenvalue weighted by Crippen LogP contribution is 2.34. The Hall–Kier alpha value is -2.44. The number of amides is 1. The van der Waals surface area contributed by atoms with Crippen molar-refractivity contribution in [2.24, 2.45) is 5.92 Å². The van der Waals surface area contributed by atoms with Crippen molar-refractivity contribution in [3.05, 3.63) is 59.2 Å². The van der Waals surface area contributed by atoms with Crippen LogP contribution in [0.2, 0.25) is 0 Å². The van der Waals surface area contributed by atoms with Crippen molar-refractivity contribution >= 4 is 33.3 Å². The molecule has 2 aliphatic carbocycles. The highest BCUT2D eigenvalue weighted by Gasteiger charge is 2.33. The monoisotopic (exact) mass is 474 g/mol. The van der Waals surface area contributed by atoms with Gasteiger partial charge < -0.3 is 9.80 Å². The van der Waals surface area contributed by atoms with E-state index in [9.17, 15) is 4.79 Å². The van der Waals surface area contributed by atoms with Crippen LogP contribution >= 0.6 is 11.5 Å². The van der Waals surface area contributed by atoms with E-state index < -0.39 is 0 Å². The molecule has 2 aromatic carbocycles. The Morgan fingerprint density at radius 3 is 2.65 bits per heavy atom. The smallest absolute Gasteiger partial charge is 0.219 e. The quantitative estimate of drug-likeness (QED) is 0.509. The second-order valence-corrected chi connectivity index (χ2v) is 11.2. The van der Waals surface area contributed by atoms with Gasteiger partial charge in [0.15, 0.2) is 0 Å². The molecule has 0 radical (unpaired) electrons. The summed E-state index contributed by atoms with van der Waals surface area (Å²) in [6.07, 6.45) is 5.73. The molecule has 0 unspecified atom stereocenters. The van der Waals surface area contributed by atoms with Gasteiger partial charge in [0.25, 0.3) is 0 Å². The maximum Gasteiger partial charge on any atom is 0.219 e. The van der Waals surface area contributed by atoms with E-state index in [0.29, 0.717) is 6.04 Å². The Morgan fingerprint density at radius 2 is 1.85 bits per heavy atom. The minimum atomic E-state index is 0.245. The fraction of sp³-hybridized carbons (Fsp3) is 0.500. The average molecular weight is 475 g/mol. The number of benzene rings is 2. The molecule has 1 saturated carbocycles. The van der Waals surface area contributed by atoms with Gasteiger partial charge in [0, 0.05) is 57.6 Å². The predicted molar refractivity (Wildman–Crippen MR) is 140 cm³/mol. The number of anilines is 1. The molecule has 0 bridgehead atoms. The van der Waals surface area contributed by atoms with Crippen LogP contribution in [0.1, 0.15) is 36.5 Å². The van der Waals surface area contributed by atoms with Gasteiger partial charge >= 0.3 is 0 Å². The first-order chi connectivity index (χ1) is 16.6. The minimum absolute atomic E-state index is 0.245. The van der Waals surface area contributed by atoms with Gasteiger partial charge in [-0.15, -0.1) is 0 Å². The number of carbonyl (C=O) groups is 1. The van der Waals surface area contributed by atoms with Crippen LogP contribution in [-0.4, -0.2) is 65.4 Å². The van der Waals surface area contributed by atoms with Crippen molar-refractivity contribution in [2.45, 2.75) is 45.1 Å². The third-order valence-corrected chi connectivity index (χ3v) is 8.74. The van der Waals surface area contributed by atoms with Crippen LogP contribution < -0.4 is 4.90 Å². The van der Waals surface area contributed by atoms with E-state index in [4.69, 9.17) is 4.37 Å². The van der Waals surface area contributed by atoms with Crippen LogP contribution in [0.15, 0.2) is 42.5 Å². The van der Waals surface area contributed by atoms with Crippen molar-refractivity contribution < 1.29 is 4.79 Å². The topological polar surface area (TPSA) is 39.7 Å². The van der Waals surface area contributed by atoms with Crippen molar-refractivity contribution in [3.8, 4) is 0 Å². The number of hydrogen-bond donors (Lipinski definition) is 0. The van der Waals surface area contributed by atoms with E-state index in [1.165, 1.54) is 39.6 Å². The van der Waals surface area contributed by atoms with Gasteiger partial charge in [-0.05, 0) is 78.4 Å². The molecule has 1 atom stereocenters. The second-order valence-electron chi connectivity index (χ2n) is 10.4. The van der Waals surface area contributed by atoms with Gasteiger partial charge in [0.1, 0.15) is 5.82 Å². The summed E-state index contributed by atoms with van der Waals surface area (Å²) in [7, 11) is 0. The first-order valence-corrected chi connectivity index (χ1v) is 13.6. The molecule has 1 amide bonds. The molecule has 3 aromatic rings. The standard InChI is InChI=1S/C28H34N4OS/c1-20(33)32(19-22-6-7-22)25-17-23-9-8-21(16-24(23)18-25)10-11-30-12-14-31(15-13-30)28-26-4-2-3-5-27(26)34-29-28/h2-5,8-9,16,22,25H,6-7,10-15,17-19H2,1H3/t25-/m0/s1. The van der Waals surface area contributed by atoms with Crippen LogP contribution in [-0.2, 0) is 24.1 Å². The highest BCUT2D eigenvalue weighted by molar-refractivity contribution is 7.13. The molecule has 1 aromatic heterocycles. The molecule has 1 saturated heterocycles. The molecule has 178 valence electrons. The maximum atomic E-state index is 12.3. The molecule has 2 fully saturated rings. The first kappa shape index (κ1) is 22.1. The predicted octanol–water partition coefficient (Wildman–Crippen LogP) is 4.39. The lowest BCUT2D eigenvalue weighted by Gasteiger charge is -2.35. The number of carbonyl (C=O) groups excluding carboxylic acids is 1. The first-order valence-electron chi connectivity index (χ1n) is 12.8. The molecule has 6 rings (SSSR count). The van der Waals surface area contributed by atoms with Crippen LogP contribution in [0.3, 0.4) is 0 Å². The average Bonchev–Trinajstić information content (AvgIpc) is 3.42. The molecule has 6 heteroatoms. The number of piperazine rings is 1. The van der Waals surface area contributed by atoms with E-state index in [0.717, 1.165) is 70.3 Å². The lowest BCUT2D eigenvalue weighted by atomic mass is 10.0. The molecule has 1 aliphatic heterocycles. The summed E-state index contributed by atoms with van der Waals surface area (Å²) in [4.78, 5) is 19.5. The number of aromatic nitrogens is 1. The Bertz CT molecular complexity index is 1180. The van der Waals surface area contributed by atoms with Crippen molar-refractivity contribution in [1.82, 2.24) is 14.2 Å². The van der Waals surface area contributed by atoms with E-state index in [1.807, 2.05) is 0 Å². The molecule has 5 nitrogen and oxygen atoms in total. The number of rotatable bonds is 7. The van der Waals surface area contributed by atoms with Gasteiger partial charge in [-0.2, -0.15) is 4.37 Å². The molecule has 34 heavy (non-hydrogen) atoms. The van der Waals surface area contributed by atoms with E-state index in [1.54, 1.807) is 18.5 Å². The van der Waals surface area contributed by atoms with Crippen LogP contribution in [0.4, 0.5) is 5.82 Å². The van der Waals surface area contributed by atoms with E-state index in [-0.39, 0.29) is 5.91 Å². The zero-order valence-corrected chi connectivity index (χ0v) is 20.9. The van der Waals surface area contributed by atoms with Gasteiger partial charge in [-0.25, -0.2) is 0 Å². The third kappa shape index (κ3) is 4.58. The Labute approximate surface area is 206 Å². The molecule has 2 heterocycles. The summed E-state index contributed by atoms with van der Waals surface area (Å²) < 4.78 is 6.02. The zero-order chi connectivity index (χ0) is 23.1. The van der Waals surface area contributed by atoms with Crippen molar-refractivity contribution in [3.63, 3.8) is 0 Å². The van der Waals surface area contributed by atoms with Gasteiger partial charge in [-0.3, -0.25) is 9.69 Å². The summed E-state index contributed by atoms with van der Waals surface area (Å²) in [6.45, 7) is 8.08.